The first kappa shape index (κ1) is 12.9. The molecule has 0 aliphatic heterocycles. The van der Waals surface area contributed by atoms with Crippen molar-refractivity contribution in [1.29, 1.82) is 0 Å². The van der Waals surface area contributed by atoms with Gasteiger partial charge < -0.3 is 10.0 Å². The summed E-state index contributed by atoms with van der Waals surface area (Å²) in [5.41, 5.74) is 1.19. The Morgan fingerprint density at radius 1 is 1.44 bits per heavy atom. The van der Waals surface area contributed by atoms with Crippen molar-refractivity contribution in [3.63, 3.8) is 0 Å². The lowest BCUT2D eigenvalue weighted by molar-refractivity contribution is 0.0744. The predicted molar refractivity (Wildman–Crippen MR) is 71.8 cm³/mol. The standard InChI is InChI=1S/C15H21NO2/c1-3-9-16(10-12-7-8-12)15(18)13-6-4-5-11(2)14(13)17/h4-6,12,17H,3,7-10H2,1-2H3. The van der Waals surface area contributed by atoms with Crippen molar-refractivity contribution in [3.05, 3.63) is 29.3 Å². The minimum atomic E-state index is -0.0371. The number of carbonyl (C=O) groups is 1. The number of phenolic OH excluding ortho intramolecular Hbond substituents is 1. The smallest absolute Gasteiger partial charge is 0.257 e. The summed E-state index contributed by atoms with van der Waals surface area (Å²) in [7, 11) is 0. The molecule has 2 rings (SSSR count). The molecule has 3 heteroatoms. The quantitative estimate of drug-likeness (QED) is 0.869. The summed E-state index contributed by atoms with van der Waals surface area (Å²) in [6, 6.07) is 5.35. The second kappa shape index (κ2) is 5.42. The van der Waals surface area contributed by atoms with Crippen LogP contribution in [-0.2, 0) is 0 Å². The monoisotopic (exact) mass is 247 g/mol. The van der Waals surface area contributed by atoms with Gasteiger partial charge in [0, 0.05) is 13.1 Å². The molecule has 18 heavy (non-hydrogen) atoms. The molecule has 1 fully saturated rings. The Morgan fingerprint density at radius 2 is 2.17 bits per heavy atom. The van der Waals surface area contributed by atoms with Crippen LogP contribution < -0.4 is 0 Å². The summed E-state index contributed by atoms with van der Waals surface area (Å²) in [5, 5.41) is 9.99. The summed E-state index contributed by atoms with van der Waals surface area (Å²) in [6.45, 7) is 5.49. The van der Waals surface area contributed by atoms with Crippen LogP contribution in [-0.4, -0.2) is 29.0 Å². The van der Waals surface area contributed by atoms with Crippen LogP contribution in [0, 0.1) is 12.8 Å². The molecule has 0 saturated heterocycles. The van der Waals surface area contributed by atoms with Gasteiger partial charge in [-0.1, -0.05) is 19.1 Å². The summed E-state index contributed by atoms with van der Waals surface area (Å²) >= 11 is 0. The average Bonchev–Trinajstić information content (AvgIpc) is 3.15. The van der Waals surface area contributed by atoms with E-state index in [9.17, 15) is 9.90 Å². The molecule has 0 atom stereocenters. The summed E-state index contributed by atoms with van der Waals surface area (Å²) in [5.74, 6) is 0.761. The van der Waals surface area contributed by atoms with E-state index in [4.69, 9.17) is 0 Å². The second-order valence-corrected chi connectivity index (χ2v) is 5.17. The molecule has 98 valence electrons. The number of para-hydroxylation sites is 1. The fourth-order valence-corrected chi connectivity index (χ4v) is 2.16. The van der Waals surface area contributed by atoms with E-state index in [1.54, 1.807) is 6.07 Å². The largest absolute Gasteiger partial charge is 0.507 e. The molecule has 0 bridgehead atoms. The van der Waals surface area contributed by atoms with Gasteiger partial charge in [0.25, 0.3) is 5.91 Å². The molecule has 1 aliphatic rings. The van der Waals surface area contributed by atoms with Gasteiger partial charge in [-0.25, -0.2) is 0 Å². The van der Waals surface area contributed by atoms with Crippen LogP contribution in [0.3, 0.4) is 0 Å². The first-order valence-electron chi connectivity index (χ1n) is 6.71. The topological polar surface area (TPSA) is 40.5 Å². The van der Waals surface area contributed by atoms with E-state index in [1.165, 1.54) is 12.8 Å². The summed E-state index contributed by atoms with van der Waals surface area (Å²) in [6.07, 6.45) is 3.41. The Labute approximate surface area is 108 Å². The highest BCUT2D eigenvalue weighted by molar-refractivity contribution is 5.97. The number of benzene rings is 1. The van der Waals surface area contributed by atoms with Crippen LogP contribution in [0.1, 0.15) is 42.1 Å². The first-order valence-corrected chi connectivity index (χ1v) is 6.71. The van der Waals surface area contributed by atoms with Crippen molar-refractivity contribution in [3.8, 4) is 5.75 Å². The molecule has 0 aromatic heterocycles. The molecule has 0 spiro atoms. The normalized spacial score (nSPS) is 14.6. The van der Waals surface area contributed by atoms with Crippen LogP contribution in [0.15, 0.2) is 18.2 Å². The van der Waals surface area contributed by atoms with Gasteiger partial charge in [0.1, 0.15) is 5.75 Å². The fraction of sp³-hybridized carbons (Fsp3) is 0.533. The average molecular weight is 247 g/mol. The minimum absolute atomic E-state index is 0.0371. The number of carbonyl (C=O) groups excluding carboxylic acids is 1. The zero-order chi connectivity index (χ0) is 13.1. The molecule has 1 saturated carbocycles. The molecule has 0 unspecified atom stereocenters. The highest BCUT2D eigenvalue weighted by Crippen LogP contribution is 2.31. The molecular weight excluding hydrogens is 226 g/mol. The maximum atomic E-state index is 12.4. The maximum Gasteiger partial charge on any atom is 0.257 e. The minimum Gasteiger partial charge on any atom is -0.507 e. The first-order chi connectivity index (χ1) is 8.63. The van der Waals surface area contributed by atoms with Gasteiger partial charge >= 0.3 is 0 Å². The number of nitrogens with zero attached hydrogens (tertiary/aromatic N) is 1. The van der Waals surface area contributed by atoms with Crippen LogP contribution in [0.25, 0.3) is 0 Å². The molecule has 0 radical (unpaired) electrons. The van der Waals surface area contributed by atoms with Crippen LogP contribution in [0.5, 0.6) is 5.75 Å². The van der Waals surface area contributed by atoms with E-state index in [0.29, 0.717) is 11.5 Å². The van der Waals surface area contributed by atoms with Crippen molar-refractivity contribution in [2.75, 3.05) is 13.1 Å². The lowest BCUT2D eigenvalue weighted by Crippen LogP contribution is -2.33. The van der Waals surface area contributed by atoms with E-state index < -0.39 is 0 Å². The summed E-state index contributed by atoms with van der Waals surface area (Å²) < 4.78 is 0. The molecule has 1 aromatic carbocycles. The third-order valence-corrected chi connectivity index (χ3v) is 3.42. The van der Waals surface area contributed by atoms with E-state index >= 15 is 0 Å². The second-order valence-electron chi connectivity index (χ2n) is 5.17. The Balaban J connectivity index is 2.17. The lowest BCUT2D eigenvalue weighted by Gasteiger charge is -2.22. The lowest BCUT2D eigenvalue weighted by atomic mass is 10.1. The molecular formula is C15H21NO2. The van der Waals surface area contributed by atoms with E-state index in [1.807, 2.05) is 24.0 Å². The SMILES string of the molecule is CCCN(CC1CC1)C(=O)c1cccc(C)c1O. The zero-order valence-electron chi connectivity index (χ0n) is 11.1. The molecule has 1 amide bonds. The van der Waals surface area contributed by atoms with Crippen molar-refractivity contribution < 1.29 is 9.90 Å². The third-order valence-electron chi connectivity index (χ3n) is 3.42. The highest BCUT2D eigenvalue weighted by Gasteiger charge is 2.27. The van der Waals surface area contributed by atoms with Gasteiger partial charge in [0.2, 0.25) is 0 Å². The van der Waals surface area contributed by atoms with Crippen molar-refractivity contribution in [1.82, 2.24) is 4.90 Å². The molecule has 0 heterocycles. The maximum absolute atomic E-state index is 12.4. The Kier molecular flexibility index (Phi) is 3.90. The number of amides is 1. The molecule has 1 N–H and O–H groups in total. The Hall–Kier alpha value is -1.51. The molecule has 3 nitrogen and oxygen atoms in total. The van der Waals surface area contributed by atoms with Crippen molar-refractivity contribution >= 4 is 5.91 Å². The third kappa shape index (κ3) is 2.84. The number of aryl methyl sites for hydroxylation is 1. The van der Waals surface area contributed by atoms with Crippen molar-refractivity contribution in [2.24, 2.45) is 5.92 Å². The molecule has 1 aliphatic carbocycles. The Morgan fingerprint density at radius 3 is 2.78 bits per heavy atom. The van der Waals surface area contributed by atoms with Crippen LogP contribution in [0.4, 0.5) is 0 Å². The number of hydrogen-bond donors (Lipinski definition) is 1. The van der Waals surface area contributed by atoms with Crippen molar-refractivity contribution in [2.45, 2.75) is 33.1 Å². The number of aromatic hydroxyl groups is 1. The number of phenols is 1. The fourth-order valence-electron chi connectivity index (χ4n) is 2.16. The molecule has 1 aromatic rings. The van der Waals surface area contributed by atoms with Gasteiger partial charge in [-0.3, -0.25) is 4.79 Å². The van der Waals surface area contributed by atoms with Crippen LogP contribution >= 0.6 is 0 Å². The predicted octanol–water partition coefficient (Wildman–Crippen LogP) is 2.96. The van der Waals surface area contributed by atoms with Gasteiger partial charge in [0.15, 0.2) is 0 Å². The van der Waals surface area contributed by atoms with Crippen LogP contribution in [0.2, 0.25) is 0 Å². The summed E-state index contributed by atoms with van der Waals surface area (Å²) in [4.78, 5) is 14.3. The van der Waals surface area contributed by atoms with Gasteiger partial charge in [-0.2, -0.15) is 0 Å². The number of rotatable bonds is 5. The van der Waals surface area contributed by atoms with Gasteiger partial charge in [0.05, 0.1) is 5.56 Å². The Bertz CT molecular complexity index is 438. The van der Waals surface area contributed by atoms with E-state index in [-0.39, 0.29) is 11.7 Å². The number of hydrogen-bond acceptors (Lipinski definition) is 2. The zero-order valence-corrected chi connectivity index (χ0v) is 11.1. The highest BCUT2D eigenvalue weighted by atomic mass is 16.3. The van der Waals surface area contributed by atoms with E-state index in [0.717, 1.165) is 25.1 Å². The van der Waals surface area contributed by atoms with E-state index in [2.05, 4.69) is 6.92 Å². The van der Waals surface area contributed by atoms with Gasteiger partial charge in [-0.15, -0.1) is 0 Å². The van der Waals surface area contributed by atoms with Gasteiger partial charge in [-0.05, 0) is 43.7 Å².